The molecule has 0 bridgehead atoms. The molecule has 0 unspecified atom stereocenters. The summed E-state index contributed by atoms with van der Waals surface area (Å²) in [7, 11) is 0. The van der Waals surface area contributed by atoms with Gasteiger partial charge >= 0.3 is 0 Å². The standard InChI is InChI=1S/C14H20O4/c1-3-15-12-6-4-5-7-13(12)16-9-8-14(2)17-10-11-18-14/h4-7H,3,8-11H2,1-2H3. The Bertz CT molecular complexity index is 372. The van der Waals surface area contributed by atoms with Gasteiger partial charge in [0.05, 0.1) is 26.4 Å². The lowest BCUT2D eigenvalue weighted by Crippen LogP contribution is -2.28. The Morgan fingerprint density at radius 2 is 1.72 bits per heavy atom. The van der Waals surface area contributed by atoms with Gasteiger partial charge < -0.3 is 18.9 Å². The molecule has 18 heavy (non-hydrogen) atoms. The molecule has 0 saturated carbocycles. The number of rotatable bonds is 6. The first kappa shape index (κ1) is 13.2. The van der Waals surface area contributed by atoms with Gasteiger partial charge in [-0.05, 0) is 26.0 Å². The summed E-state index contributed by atoms with van der Waals surface area (Å²) < 4.78 is 22.3. The van der Waals surface area contributed by atoms with Gasteiger partial charge in [0.15, 0.2) is 17.3 Å². The fourth-order valence-electron chi connectivity index (χ4n) is 1.89. The maximum absolute atomic E-state index is 5.73. The summed E-state index contributed by atoms with van der Waals surface area (Å²) in [4.78, 5) is 0. The molecule has 1 heterocycles. The molecule has 0 aliphatic carbocycles. The van der Waals surface area contributed by atoms with Crippen molar-refractivity contribution in [1.82, 2.24) is 0 Å². The van der Waals surface area contributed by atoms with Crippen molar-refractivity contribution in [3.8, 4) is 11.5 Å². The van der Waals surface area contributed by atoms with E-state index in [1.807, 2.05) is 38.1 Å². The van der Waals surface area contributed by atoms with Crippen molar-refractivity contribution in [3.63, 3.8) is 0 Å². The molecule has 0 atom stereocenters. The molecule has 0 amide bonds. The molecular formula is C14H20O4. The van der Waals surface area contributed by atoms with Gasteiger partial charge in [0.2, 0.25) is 0 Å². The minimum Gasteiger partial charge on any atom is -0.490 e. The van der Waals surface area contributed by atoms with Crippen LogP contribution < -0.4 is 9.47 Å². The van der Waals surface area contributed by atoms with Crippen molar-refractivity contribution in [3.05, 3.63) is 24.3 Å². The zero-order valence-electron chi connectivity index (χ0n) is 11.0. The Kier molecular flexibility index (Phi) is 4.44. The lowest BCUT2D eigenvalue weighted by molar-refractivity contribution is -0.150. The first-order chi connectivity index (χ1) is 8.73. The van der Waals surface area contributed by atoms with Crippen LogP contribution in [0, 0.1) is 0 Å². The lowest BCUT2D eigenvalue weighted by atomic mass is 10.2. The van der Waals surface area contributed by atoms with Gasteiger partial charge in [-0.3, -0.25) is 0 Å². The largest absolute Gasteiger partial charge is 0.490 e. The van der Waals surface area contributed by atoms with Crippen molar-refractivity contribution in [2.75, 3.05) is 26.4 Å². The van der Waals surface area contributed by atoms with E-state index in [2.05, 4.69) is 0 Å². The molecule has 0 aromatic heterocycles. The maximum atomic E-state index is 5.73. The summed E-state index contributed by atoms with van der Waals surface area (Å²) in [5, 5.41) is 0. The van der Waals surface area contributed by atoms with Gasteiger partial charge in [0, 0.05) is 6.42 Å². The Morgan fingerprint density at radius 3 is 2.33 bits per heavy atom. The van der Waals surface area contributed by atoms with Crippen molar-refractivity contribution in [2.45, 2.75) is 26.1 Å². The van der Waals surface area contributed by atoms with E-state index in [-0.39, 0.29) is 0 Å². The number of ether oxygens (including phenoxy) is 4. The highest BCUT2D eigenvalue weighted by atomic mass is 16.7. The molecule has 100 valence electrons. The minimum absolute atomic E-state index is 0.499. The quantitative estimate of drug-likeness (QED) is 0.780. The van der Waals surface area contributed by atoms with Crippen LogP contribution in [0.4, 0.5) is 0 Å². The molecule has 1 aliphatic rings. The molecule has 1 aromatic carbocycles. The Labute approximate surface area is 108 Å². The number of benzene rings is 1. The molecule has 1 aliphatic heterocycles. The summed E-state index contributed by atoms with van der Waals surface area (Å²) in [6.07, 6.45) is 0.702. The van der Waals surface area contributed by atoms with Crippen LogP contribution in [-0.4, -0.2) is 32.2 Å². The van der Waals surface area contributed by atoms with Crippen molar-refractivity contribution in [2.24, 2.45) is 0 Å². The van der Waals surface area contributed by atoms with Crippen LogP contribution in [0.15, 0.2) is 24.3 Å². The summed E-state index contributed by atoms with van der Waals surface area (Å²) >= 11 is 0. The topological polar surface area (TPSA) is 36.9 Å². The normalized spacial score (nSPS) is 17.7. The van der Waals surface area contributed by atoms with Crippen LogP contribution in [0.1, 0.15) is 20.3 Å². The van der Waals surface area contributed by atoms with Crippen LogP contribution in [0.25, 0.3) is 0 Å². The summed E-state index contributed by atoms with van der Waals surface area (Å²) in [5.74, 6) is 1.04. The number of hydrogen-bond acceptors (Lipinski definition) is 4. The Balaban J connectivity index is 1.86. The molecule has 1 fully saturated rings. The summed E-state index contributed by atoms with van der Waals surface area (Å²) in [6, 6.07) is 7.68. The zero-order valence-corrected chi connectivity index (χ0v) is 11.0. The monoisotopic (exact) mass is 252 g/mol. The van der Waals surface area contributed by atoms with Gasteiger partial charge in [0.25, 0.3) is 0 Å². The fraction of sp³-hybridized carbons (Fsp3) is 0.571. The maximum Gasteiger partial charge on any atom is 0.168 e. The van der Waals surface area contributed by atoms with Crippen LogP contribution >= 0.6 is 0 Å². The van der Waals surface area contributed by atoms with E-state index in [0.29, 0.717) is 32.8 Å². The minimum atomic E-state index is -0.499. The van der Waals surface area contributed by atoms with Crippen LogP contribution in [-0.2, 0) is 9.47 Å². The zero-order chi connectivity index (χ0) is 12.8. The third-order valence-corrected chi connectivity index (χ3v) is 2.86. The van der Waals surface area contributed by atoms with Crippen LogP contribution in [0.2, 0.25) is 0 Å². The third-order valence-electron chi connectivity index (χ3n) is 2.86. The van der Waals surface area contributed by atoms with E-state index < -0.39 is 5.79 Å². The lowest BCUT2D eigenvalue weighted by Gasteiger charge is -2.22. The van der Waals surface area contributed by atoms with Crippen LogP contribution in [0.3, 0.4) is 0 Å². The van der Waals surface area contributed by atoms with Gasteiger partial charge in [-0.25, -0.2) is 0 Å². The average molecular weight is 252 g/mol. The average Bonchev–Trinajstić information content (AvgIpc) is 2.79. The molecule has 0 spiro atoms. The smallest absolute Gasteiger partial charge is 0.168 e. The second kappa shape index (κ2) is 6.07. The van der Waals surface area contributed by atoms with E-state index >= 15 is 0 Å². The first-order valence-electron chi connectivity index (χ1n) is 6.36. The van der Waals surface area contributed by atoms with Gasteiger partial charge in [-0.15, -0.1) is 0 Å². The molecule has 4 nitrogen and oxygen atoms in total. The molecule has 1 saturated heterocycles. The number of hydrogen-bond donors (Lipinski definition) is 0. The van der Waals surface area contributed by atoms with Crippen LogP contribution in [0.5, 0.6) is 11.5 Å². The molecule has 0 N–H and O–H groups in total. The van der Waals surface area contributed by atoms with E-state index in [0.717, 1.165) is 11.5 Å². The highest BCUT2D eigenvalue weighted by molar-refractivity contribution is 5.39. The Hall–Kier alpha value is -1.26. The van der Waals surface area contributed by atoms with E-state index in [1.165, 1.54) is 0 Å². The highest BCUT2D eigenvalue weighted by Gasteiger charge is 2.30. The SMILES string of the molecule is CCOc1ccccc1OCCC1(C)OCCO1. The predicted molar refractivity (Wildman–Crippen MR) is 68.0 cm³/mol. The fourth-order valence-corrected chi connectivity index (χ4v) is 1.89. The van der Waals surface area contributed by atoms with Crippen molar-refractivity contribution < 1.29 is 18.9 Å². The van der Waals surface area contributed by atoms with E-state index in [1.54, 1.807) is 0 Å². The van der Waals surface area contributed by atoms with Gasteiger partial charge in [-0.1, -0.05) is 12.1 Å². The molecule has 2 rings (SSSR count). The molecule has 4 heteroatoms. The molecule has 0 radical (unpaired) electrons. The summed E-state index contributed by atoms with van der Waals surface area (Å²) in [5.41, 5.74) is 0. The Morgan fingerprint density at radius 1 is 1.11 bits per heavy atom. The first-order valence-corrected chi connectivity index (χ1v) is 6.36. The predicted octanol–water partition coefficient (Wildman–Crippen LogP) is 2.62. The van der Waals surface area contributed by atoms with E-state index in [4.69, 9.17) is 18.9 Å². The summed E-state index contributed by atoms with van der Waals surface area (Å²) in [6.45, 7) is 6.39. The molecule has 1 aromatic rings. The second-order valence-electron chi connectivity index (χ2n) is 4.31. The van der Waals surface area contributed by atoms with E-state index in [9.17, 15) is 0 Å². The number of para-hydroxylation sites is 2. The van der Waals surface area contributed by atoms with Gasteiger partial charge in [0.1, 0.15) is 0 Å². The van der Waals surface area contributed by atoms with Crippen molar-refractivity contribution >= 4 is 0 Å². The highest BCUT2D eigenvalue weighted by Crippen LogP contribution is 2.28. The third kappa shape index (κ3) is 3.37. The van der Waals surface area contributed by atoms with Gasteiger partial charge in [-0.2, -0.15) is 0 Å². The second-order valence-corrected chi connectivity index (χ2v) is 4.31. The molecular weight excluding hydrogens is 232 g/mol. The van der Waals surface area contributed by atoms with Crippen molar-refractivity contribution in [1.29, 1.82) is 0 Å².